The van der Waals surface area contributed by atoms with E-state index in [4.69, 9.17) is 4.74 Å². The van der Waals surface area contributed by atoms with Gasteiger partial charge in [0.25, 0.3) is 0 Å². The van der Waals surface area contributed by atoms with Gasteiger partial charge in [-0.2, -0.15) is 5.10 Å². The summed E-state index contributed by atoms with van der Waals surface area (Å²) in [6.07, 6.45) is 3.14. The normalized spacial score (nSPS) is 15.4. The molecule has 1 rings (SSSR count). The quantitative estimate of drug-likeness (QED) is 0.798. The number of ether oxygens (including phenoxy) is 1. The van der Waals surface area contributed by atoms with Crippen molar-refractivity contribution in [1.82, 2.24) is 15.1 Å². The van der Waals surface area contributed by atoms with Crippen LogP contribution in [0.25, 0.3) is 0 Å². The molecule has 0 amide bonds. The molecular weight excluding hydrogens is 262 g/mol. The zero-order valence-corrected chi connectivity index (χ0v) is 14.8. The Morgan fingerprint density at radius 2 is 1.95 bits per heavy atom. The molecule has 0 aromatic carbocycles. The first kappa shape index (κ1) is 18.2. The number of hydrogen-bond donors (Lipinski definition) is 1. The van der Waals surface area contributed by atoms with Crippen molar-refractivity contribution >= 4 is 0 Å². The first-order valence-corrected chi connectivity index (χ1v) is 8.18. The molecule has 21 heavy (non-hydrogen) atoms. The van der Waals surface area contributed by atoms with Gasteiger partial charge in [0.1, 0.15) is 0 Å². The molecule has 2 unspecified atom stereocenters. The van der Waals surface area contributed by atoms with Crippen molar-refractivity contribution in [2.45, 2.75) is 73.1 Å². The maximum Gasteiger partial charge on any atom is 0.0779 e. The second-order valence-electron chi connectivity index (χ2n) is 6.99. The van der Waals surface area contributed by atoms with Gasteiger partial charge in [0.15, 0.2) is 0 Å². The molecule has 1 aromatic heterocycles. The molecule has 4 heteroatoms. The molecule has 122 valence electrons. The van der Waals surface area contributed by atoms with Crippen LogP contribution in [0.3, 0.4) is 0 Å². The Labute approximate surface area is 130 Å². The summed E-state index contributed by atoms with van der Waals surface area (Å²) in [6.45, 7) is 16.9. The van der Waals surface area contributed by atoms with Crippen molar-refractivity contribution in [1.29, 1.82) is 0 Å². The minimum Gasteiger partial charge on any atom is -0.376 e. The molecule has 0 aliphatic heterocycles. The minimum atomic E-state index is 0.101. The highest BCUT2D eigenvalue weighted by atomic mass is 16.5. The van der Waals surface area contributed by atoms with Crippen LogP contribution in [0.2, 0.25) is 0 Å². The van der Waals surface area contributed by atoms with Gasteiger partial charge in [-0.05, 0) is 38.8 Å². The lowest BCUT2D eigenvalue weighted by Gasteiger charge is -2.37. The average Bonchev–Trinajstić information content (AvgIpc) is 2.83. The van der Waals surface area contributed by atoms with E-state index < -0.39 is 0 Å². The standard InChI is InChI=1S/C17H33N3O/c1-8-18-15(16(21-9-2)17(5,6)7)12-14-10-11-20(19-14)13(3)4/h10-11,13,15-16,18H,8-9,12H2,1-7H3. The van der Waals surface area contributed by atoms with Crippen molar-refractivity contribution in [2.75, 3.05) is 13.2 Å². The first-order valence-electron chi connectivity index (χ1n) is 8.18. The molecule has 0 saturated carbocycles. The second kappa shape index (κ2) is 7.95. The number of hydrogen-bond acceptors (Lipinski definition) is 3. The van der Waals surface area contributed by atoms with Gasteiger partial charge in [0.05, 0.1) is 11.8 Å². The van der Waals surface area contributed by atoms with Crippen LogP contribution in [0.4, 0.5) is 0 Å². The highest BCUT2D eigenvalue weighted by Crippen LogP contribution is 2.26. The van der Waals surface area contributed by atoms with Crippen molar-refractivity contribution in [3.63, 3.8) is 0 Å². The SMILES string of the molecule is CCNC(Cc1ccn(C(C)C)n1)C(OCC)C(C)(C)C. The van der Waals surface area contributed by atoms with Crippen LogP contribution in [-0.4, -0.2) is 35.1 Å². The molecule has 1 N–H and O–H groups in total. The minimum absolute atomic E-state index is 0.101. The van der Waals surface area contributed by atoms with E-state index in [9.17, 15) is 0 Å². The van der Waals surface area contributed by atoms with E-state index in [0.717, 1.165) is 25.3 Å². The van der Waals surface area contributed by atoms with E-state index in [1.807, 2.05) is 4.68 Å². The van der Waals surface area contributed by atoms with Crippen LogP contribution in [-0.2, 0) is 11.2 Å². The lowest BCUT2D eigenvalue weighted by molar-refractivity contribution is -0.0354. The lowest BCUT2D eigenvalue weighted by Crippen LogP contribution is -2.49. The fourth-order valence-corrected chi connectivity index (χ4v) is 2.70. The molecule has 4 nitrogen and oxygen atoms in total. The van der Waals surface area contributed by atoms with Crippen molar-refractivity contribution in [2.24, 2.45) is 5.41 Å². The number of nitrogens with zero attached hydrogens (tertiary/aromatic N) is 2. The third-order valence-electron chi connectivity index (χ3n) is 3.65. The molecule has 2 atom stereocenters. The lowest BCUT2D eigenvalue weighted by atomic mass is 9.83. The summed E-state index contributed by atoms with van der Waals surface area (Å²) in [5.41, 5.74) is 1.23. The molecular formula is C17H33N3O. The van der Waals surface area contributed by atoms with E-state index in [-0.39, 0.29) is 17.6 Å². The van der Waals surface area contributed by atoms with Gasteiger partial charge in [-0.25, -0.2) is 0 Å². The fourth-order valence-electron chi connectivity index (χ4n) is 2.70. The zero-order chi connectivity index (χ0) is 16.0. The Morgan fingerprint density at radius 1 is 1.29 bits per heavy atom. The summed E-state index contributed by atoms with van der Waals surface area (Å²) in [5, 5.41) is 8.26. The third-order valence-corrected chi connectivity index (χ3v) is 3.65. The second-order valence-corrected chi connectivity index (χ2v) is 6.99. The topological polar surface area (TPSA) is 39.1 Å². The van der Waals surface area contributed by atoms with Gasteiger partial charge in [-0.3, -0.25) is 4.68 Å². The smallest absolute Gasteiger partial charge is 0.0779 e. The predicted molar refractivity (Wildman–Crippen MR) is 88.6 cm³/mol. The van der Waals surface area contributed by atoms with E-state index >= 15 is 0 Å². The molecule has 0 fully saturated rings. The van der Waals surface area contributed by atoms with Crippen molar-refractivity contribution in [3.8, 4) is 0 Å². The molecule has 1 aromatic rings. The van der Waals surface area contributed by atoms with Gasteiger partial charge in [0, 0.05) is 31.3 Å². The van der Waals surface area contributed by atoms with Gasteiger partial charge >= 0.3 is 0 Å². The summed E-state index contributed by atoms with van der Waals surface area (Å²) in [5.74, 6) is 0. The molecule has 0 spiro atoms. The average molecular weight is 295 g/mol. The predicted octanol–water partition coefficient (Wildman–Crippen LogP) is 3.44. The van der Waals surface area contributed by atoms with Crippen molar-refractivity contribution < 1.29 is 4.74 Å². The van der Waals surface area contributed by atoms with E-state index in [1.165, 1.54) is 0 Å². The summed E-state index contributed by atoms with van der Waals surface area (Å²) < 4.78 is 8.07. The van der Waals surface area contributed by atoms with Gasteiger partial charge < -0.3 is 10.1 Å². The first-order chi connectivity index (χ1) is 9.79. The zero-order valence-electron chi connectivity index (χ0n) is 14.8. The monoisotopic (exact) mass is 295 g/mol. The van der Waals surface area contributed by atoms with Crippen LogP contribution in [0.5, 0.6) is 0 Å². The van der Waals surface area contributed by atoms with Crippen LogP contribution >= 0.6 is 0 Å². The number of nitrogens with one attached hydrogen (secondary N) is 1. The van der Waals surface area contributed by atoms with Gasteiger partial charge in [0.2, 0.25) is 0 Å². The summed E-state index contributed by atoms with van der Waals surface area (Å²) in [6, 6.07) is 2.81. The number of likely N-dealkylation sites (N-methyl/N-ethyl adjacent to an activating group) is 1. The Hall–Kier alpha value is -0.870. The van der Waals surface area contributed by atoms with Crippen LogP contribution in [0.1, 0.15) is 60.2 Å². The third kappa shape index (κ3) is 5.44. The Bertz CT molecular complexity index is 406. The Kier molecular flexibility index (Phi) is 6.88. The Morgan fingerprint density at radius 3 is 2.38 bits per heavy atom. The van der Waals surface area contributed by atoms with E-state index in [0.29, 0.717) is 6.04 Å². The fraction of sp³-hybridized carbons (Fsp3) is 0.824. The van der Waals surface area contributed by atoms with Crippen LogP contribution in [0, 0.1) is 5.41 Å². The van der Waals surface area contributed by atoms with Crippen molar-refractivity contribution in [3.05, 3.63) is 18.0 Å². The molecule has 0 aliphatic carbocycles. The van der Waals surface area contributed by atoms with Gasteiger partial charge in [-0.15, -0.1) is 0 Å². The summed E-state index contributed by atoms with van der Waals surface area (Å²) in [7, 11) is 0. The molecule has 0 aliphatic rings. The van der Waals surface area contributed by atoms with E-state index in [2.05, 4.69) is 71.1 Å². The Balaban J connectivity index is 2.88. The van der Waals surface area contributed by atoms with E-state index in [1.54, 1.807) is 0 Å². The van der Waals surface area contributed by atoms with Crippen LogP contribution in [0.15, 0.2) is 12.3 Å². The maximum absolute atomic E-state index is 6.05. The molecule has 0 radical (unpaired) electrons. The van der Waals surface area contributed by atoms with Gasteiger partial charge in [-0.1, -0.05) is 27.7 Å². The largest absolute Gasteiger partial charge is 0.376 e. The number of aromatic nitrogens is 2. The maximum atomic E-state index is 6.05. The summed E-state index contributed by atoms with van der Waals surface area (Å²) >= 11 is 0. The molecule has 1 heterocycles. The molecule has 0 bridgehead atoms. The summed E-state index contributed by atoms with van der Waals surface area (Å²) in [4.78, 5) is 0. The highest BCUT2D eigenvalue weighted by molar-refractivity contribution is 5.04. The number of rotatable bonds is 8. The molecule has 0 saturated heterocycles. The highest BCUT2D eigenvalue weighted by Gasteiger charge is 2.33. The van der Waals surface area contributed by atoms with Crippen LogP contribution < -0.4 is 5.32 Å².